The van der Waals surface area contributed by atoms with Crippen LogP contribution in [0.25, 0.3) is 0 Å². The largest absolute Gasteiger partial charge is 1.00 e. The van der Waals surface area contributed by atoms with Gasteiger partial charge in [-0.05, 0) is 21.4 Å². The maximum absolute atomic E-state index is 11.1. The van der Waals surface area contributed by atoms with Crippen molar-refractivity contribution in [1.82, 2.24) is 0 Å². The molecule has 0 N–H and O–H groups in total. The second-order valence-corrected chi connectivity index (χ2v) is 8.94. The van der Waals surface area contributed by atoms with Crippen LogP contribution >= 0.6 is 38.4 Å². The standard InChI is InChI=1S/C4H10Cl2O6P2.3Na/c1-3(2)12-14(10,11)4(5,6)13(7,8)9;;;/h3H,1-2H3,(H,10,11)(H2,7,8,9);;;/q;3*+1/p-3. The molecule has 86 valence electrons. The van der Waals surface area contributed by atoms with E-state index in [1.165, 1.54) is 13.8 Å². The van der Waals surface area contributed by atoms with E-state index in [1.807, 2.05) is 0 Å². The first kappa shape index (κ1) is 29.0. The smallest absolute Gasteiger partial charge is 0.808 e. The molecule has 0 aliphatic carbocycles. The maximum atomic E-state index is 11.1. The molecule has 13 heteroatoms. The van der Waals surface area contributed by atoms with E-state index >= 15 is 0 Å². The van der Waals surface area contributed by atoms with Gasteiger partial charge in [0.1, 0.15) is 0 Å². The van der Waals surface area contributed by atoms with Crippen LogP contribution in [0.5, 0.6) is 0 Å². The molecule has 0 aromatic carbocycles. The minimum atomic E-state index is -5.72. The molecule has 0 bridgehead atoms. The van der Waals surface area contributed by atoms with Crippen LogP contribution in [0.15, 0.2) is 0 Å². The average Bonchev–Trinajstić information content (AvgIpc) is 1.80. The molecule has 0 spiro atoms. The van der Waals surface area contributed by atoms with Gasteiger partial charge in [-0.2, -0.15) is 0 Å². The van der Waals surface area contributed by atoms with Crippen molar-refractivity contribution in [3.8, 4) is 0 Å². The maximum Gasteiger partial charge on any atom is 1.00 e. The van der Waals surface area contributed by atoms with Gasteiger partial charge >= 0.3 is 88.7 Å². The number of hydrogen-bond donors (Lipinski definition) is 0. The molecule has 0 amide bonds. The first-order valence-corrected chi connectivity index (χ1v) is 7.15. The van der Waals surface area contributed by atoms with Gasteiger partial charge in [-0.1, -0.05) is 23.2 Å². The minimum absolute atomic E-state index is 0. The molecule has 0 aliphatic rings. The third kappa shape index (κ3) is 8.80. The molecule has 0 aliphatic heterocycles. The molecule has 0 aromatic rings. The summed E-state index contributed by atoms with van der Waals surface area (Å²) in [5.74, 6) is 0. The Labute approximate surface area is 176 Å². The van der Waals surface area contributed by atoms with Gasteiger partial charge in [-0.15, -0.1) is 0 Å². The molecular formula is C4H7Cl2Na3O6P2. The van der Waals surface area contributed by atoms with E-state index < -0.39 is 25.1 Å². The van der Waals surface area contributed by atoms with Gasteiger partial charge in [0.2, 0.25) is 3.82 Å². The number of rotatable bonds is 4. The predicted octanol–water partition coefficient (Wildman–Crippen LogP) is -9.02. The molecule has 6 nitrogen and oxygen atoms in total. The first-order chi connectivity index (χ1) is 5.92. The summed E-state index contributed by atoms with van der Waals surface area (Å²) in [4.78, 5) is 32.0. The predicted molar refractivity (Wildman–Crippen MR) is 45.9 cm³/mol. The van der Waals surface area contributed by atoms with E-state index in [9.17, 15) is 23.8 Å². The third-order valence-corrected chi connectivity index (χ3v) is 6.98. The Morgan fingerprint density at radius 2 is 1.35 bits per heavy atom. The van der Waals surface area contributed by atoms with Crippen molar-refractivity contribution in [2.75, 3.05) is 0 Å². The SMILES string of the molecule is CC(C)OP(=O)([O-])C(Cl)(Cl)P(=O)([O-])[O-].[Na+].[Na+].[Na+]. The zero-order valence-electron chi connectivity index (χ0n) is 10.2. The molecule has 0 heterocycles. The van der Waals surface area contributed by atoms with Crippen molar-refractivity contribution in [3.05, 3.63) is 0 Å². The Morgan fingerprint density at radius 3 is 1.53 bits per heavy atom. The van der Waals surface area contributed by atoms with Crippen LogP contribution in [-0.2, 0) is 13.7 Å². The van der Waals surface area contributed by atoms with E-state index in [2.05, 4.69) is 4.52 Å². The summed E-state index contributed by atoms with van der Waals surface area (Å²) in [6.07, 6.45) is -0.859. The molecular weight excluding hydrogens is 346 g/mol. The Kier molecular flexibility index (Phi) is 18.0. The first-order valence-electron chi connectivity index (χ1n) is 3.31. The Hall–Kier alpha value is 3.88. The van der Waals surface area contributed by atoms with E-state index in [4.69, 9.17) is 23.2 Å². The minimum Gasteiger partial charge on any atom is -0.808 e. The summed E-state index contributed by atoms with van der Waals surface area (Å²) >= 11 is 9.85. The van der Waals surface area contributed by atoms with Gasteiger partial charge in [0.05, 0.1) is 6.10 Å². The van der Waals surface area contributed by atoms with Crippen molar-refractivity contribution in [1.29, 1.82) is 0 Å². The molecule has 0 fully saturated rings. The van der Waals surface area contributed by atoms with Crippen LogP contribution in [0.4, 0.5) is 0 Å². The monoisotopic (exact) mass is 352 g/mol. The molecule has 0 radical (unpaired) electrons. The normalized spacial score (nSPS) is 15.1. The van der Waals surface area contributed by atoms with Gasteiger partial charge in [-0.3, -0.25) is 0 Å². The summed E-state index contributed by atoms with van der Waals surface area (Å²) in [5, 5.41) is 0. The molecule has 1 atom stereocenters. The van der Waals surface area contributed by atoms with Crippen LogP contribution in [-0.4, -0.2) is 9.92 Å². The van der Waals surface area contributed by atoms with Gasteiger partial charge in [0.15, 0.2) is 7.60 Å². The van der Waals surface area contributed by atoms with Crippen molar-refractivity contribution >= 4 is 38.4 Å². The van der Waals surface area contributed by atoms with Gasteiger partial charge in [-0.25, -0.2) is 0 Å². The van der Waals surface area contributed by atoms with Crippen molar-refractivity contribution in [2.45, 2.75) is 23.8 Å². The number of alkyl halides is 2. The fourth-order valence-corrected chi connectivity index (χ4v) is 2.75. The quantitative estimate of drug-likeness (QED) is 0.282. The molecule has 0 saturated carbocycles. The Bertz CT molecular complexity index is 308. The van der Waals surface area contributed by atoms with Crippen LogP contribution in [0.2, 0.25) is 0 Å². The number of halogens is 2. The van der Waals surface area contributed by atoms with Gasteiger partial charge in [0, 0.05) is 0 Å². The second kappa shape index (κ2) is 10.6. The Morgan fingerprint density at radius 1 is 1.06 bits per heavy atom. The van der Waals surface area contributed by atoms with Gasteiger partial charge < -0.3 is 28.3 Å². The number of hydrogen-bond acceptors (Lipinski definition) is 6. The zero-order chi connectivity index (χ0) is 11.8. The third-order valence-electron chi connectivity index (χ3n) is 1.01. The molecule has 17 heavy (non-hydrogen) atoms. The molecule has 0 saturated heterocycles. The van der Waals surface area contributed by atoms with Crippen LogP contribution in [0.3, 0.4) is 0 Å². The van der Waals surface area contributed by atoms with Gasteiger partial charge in [0.25, 0.3) is 0 Å². The second-order valence-electron chi connectivity index (χ2n) is 2.66. The Balaban J connectivity index is -0.000000282. The van der Waals surface area contributed by atoms with E-state index in [0.29, 0.717) is 0 Å². The van der Waals surface area contributed by atoms with Crippen molar-refractivity contribution in [3.63, 3.8) is 0 Å². The summed E-state index contributed by atoms with van der Waals surface area (Å²) < 4.78 is 22.2. The topological polar surface area (TPSA) is 113 Å². The van der Waals surface area contributed by atoms with Crippen LogP contribution in [0, 0.1) is 0 Å². The molecule has 0 aromatic heterocycles. The van der Waals surface area contributed by atoms with Crippen molar-refractivity contribution in [2.24, 2.45) is 0 Å². The molecule has 1 unspecified atom stereocenters. The van der Waals surface area contributed by atoms with Crippen molar-refractivity contribution < 1.29 is 117 Å². The fourth-order valence-electron chi connectivity index (χ4n) is 0.491. The van der Waals surface area contributed by atoms with E-state index in [0.717, 1.165) is 0 Å². The van der Waals surface area contributed by atoms with Crippen LogP contribution in [0.1, 0.15) is 13.8 Å². The van der Waals surface area contributed by atoms with E-state index in [-0.39, 0.29) is 88.7 Å². The van der Waals surface area contributed by atoms with E-state index in [1.54, 1.807) is 0 Å². The summed E-state index contributed by atoms with van der Waals surface area (Å²) in [7, 11) is -10.9. The fraction of sp³-hybridized carbons (Fsp3) is 1.00. The summed E-state index contributed by atoms with van der Waals surface area (Å²) in [5.41, 5.74) is 0. The summed E-state index contributed by atoms with van der Waals surface area (Å²) in [6.45, 7) is 2.63. The zero-order valence-corrected chi connectivity index (χ0v) is 19.5. The van der Waals surface area contributed by atoms with Crippen LogP contribution < -0.4 is 103 Å². The summed E-state index contributed by atoms with van der Waals surface area (Å²) in [6, 6.07) is 0. The molecule has 0 rings (SSSR count). The average molecular weight is 353 g/mol.